The first-order chi connectivity index (χ1) is 12.0. The van der Waals surface area contributed by atoms with Crippen LogP contribution in [0.3, 0.4) is 0 Å². The van der Waals surface area contributed by atoms with Crippen molar-refractivity contribution in [2.24, 2.45) is 0 Å². The third-order valence-corrected chi connectivity index (χ3v) is 4.26. The molecule has 0 radical (unpaired) electrons. The number of carbonyl (C=O) groups excluding carboxylic acids is 1. The van der Waals surface area contributed by atoms with Gasteiger partial charge in [0.1, 0.15) is 17.4 Å². The molecule has 25 heavy (non-hydrogen) atoms. The summed E-state index contributed by atoms with van der Waals surface area (Å²) in [5.41, 5.74) is 1.53. The van der Waals surface area contributed by atoms with Gasteiger partial charge >= 0.3 is 0 Å². The van der Waals surface area contributed by atoms with Gasteiger partial charge in [-0.15, -0.1) is 0 Å². The monoisotopic (exact) mass is 358 g/mol. The molecular weight excluding hydrogens is 340 g/mol. The van der Waals surface area contributed by atoms with Crippen LogP contribution in [0, 0.1) is 18.3 Å². The minimum absolute atomic E-state index is 0.0146. The standard InChI is InChI=1S/C17H18N4O3S/c1-4-12-11(8-18)16(23)21-17(20-12)25-9-15(22)19-13-7-10(2)5-6-14(13)24-3/h5-7H,4,9H2,1-3H3,(H,19,22)(H,20,21,23). The zero-order chi connectivity index (χ0) is 18.4. The molecule has 0 atom stereocenters. The van der Waals surface area contributed by atoms with Gasteiger partial charge in [0.15, 0.2) is 5.16 Å². The number of aromatic amines is 1. The molecule has 1 aromatic heterocycles. The molecule has 130 valence electrons. The van der Waals surface area contributed by atoms with Gasteiger partial charge in [0.05, 0.1) is 24.2 Å². The van der Waals surface area contributed by atoms with Gasteiger partial charge in [-0.25, -0.2) is 4.98 Å². The van der Waals surface area contributed by atoms with E-state index in [1.165, 1.54) is 7.11 Å². The van der Waals surface area contributed by atoms with Gasteiger partial charge in [0.2, 0.25) is 5.91 Å². The molecule has 8 heteroatoms. The summed E-state index contributed by atoms with van der Waals surface area (Å²) >= 11 is 1.10. The summed E-state index contributed by atoms with van der Waals surface area (Å²) in [4.78, 5) is 30.8. The molecule has 0 bridgehead atoms. The summed E-state index contributed by atoms with van der Waals surface area (Å²) in [6, 6.07) is 7.34. The first-order valence-electron chi connectivity index (χ1n) is 7.59. The van der Waals surface area contributed by atoms with Crippen molar-refractivity contribution in [1.29, 1.82) is 5.26 Å². The third-order valence-electron chi connectivity index (χ3n) is 3.39. The number of nitrogens with one attached hydrogen (secondary N) is 2. The Morgan fingerprint density at radius 1 is 1.48 bits per heavy atom. The maximum absolute atomic E-state index is 12.2. The van der Waals surface area contributed by atoms with Crippen molar-refractivity contribution < 1.29 is 9.53 Å². The van der Waals surface area contributed by atoms with Gasteiger partial charge in [-0.2, -0.15) is 5.26 Å². The molecule has 0 fully saturated rings. The highest BCUT2D eigenvalue weighted by Gasteiger charge is 2.12. The minimum atomic E-state index is -0.488. The Morgan fingerprint density at radius 3 is 2.88 bits per heavy atom. The average molecular weight is 358 g/mol. The molecule has 0 spiro atoms. The zero-order valence-electron chi connectivity index (χ0n) is 14.2. The Balaban J connectivity index is 2.08. The number of rotatable bonds is 6. The van der Waals surface area contributed by atoms with Crippen LogP contribution in [-0.2, 0) is 11.2 Å². The van der Waals surface area contributed by atoms with Crippen LogP contribution in [0.15, 0.2) is 28.2 Å². The number of nitriles is 1. The van der Waals surface area contributed by atoms with Crippen molar-refractivity contribution in [1.82, 2.24) is 9.97 Å². The van der Waals surface area contributed by atoms with Crippen molar-refractivity contribution in [3.8, 4) is 11.8 Å². The van der Waals surface area contributed by atoms with E-state index in [1.54, 1.807) is 6.07 Å². The Hall–Kier alpha value is -2.79. The highest BCUT2D eigenvalue weighted by Crippen LogP contribution is 2.25. The van der Waals surface area contributed by atoms with E-state index in [0.717, 1.165) is 17.3 Å². The fourth-order valence-corrected chi connectivity index (χ4v) is 2.86. The highest BCUT2D eigenvalue weighted by molar-refractivity contribution is 7.99. The normalized spacial score (nSPS) is 10.2. The maximum Gasteiger partial charge on any atom is 0.269 e. The summed E-state index contributed by atoms with van der Waals surface area (Å²) in [5, 5.41) is 12.1. The molecule has 2 rings (SSSR count). The second-order valence-corrected chi connectivity index (χ2v) is 6.16. The number of amides is 1. The van der Waals surface area contributed by atoms with Crippen LogP contribution in [0.5, 0.6) is 5.75 Å². The number of nitrogens with zero attached hydrogens (tertiary/aromatic N) is 2. The van der Waals surface area contributed by atoms with E-state index in [-0.39, 0.29) is 17.2 Å². The number of ether oxygens (including phenoxy) is 1. The van der Waals surface area contributed by atoms with Gasteiger partial charge in [0, 0.05) is 0 Å². The van der Waals surface area contributed by atoms with Gasteiger partial charge in [-0.3, -0.25) is 9.59 Å². The molecule has 0 aliphatic rings. The number of aryl methyl sites for hydroxylation is 2. The number of hydrogen-bond acceptors (Lipinski definition) is 6. The number of thioether (sulfide) groups is 1. The predicted molar refractivity (Wildman–Crippen MR) is 96.0 cm³/mol. The largest absolute Gasteiger partial charge is 0.495 e. The topological polar surface area (TPSA) is 108 Å². The SMILES string of the molecule is CCc1nc(SCC(=O)Nc2cc(C)ccc2OC)[nH]c(=O)c1C#N. The average Bonchev–Trinajstić information content (AvgIpc) is 2.59. The van der Waals surface area contributed by atoms with Crippen LogP contribution in [0.1, 0.15) is 23.7 Å². The molecule has 1 amide bonds. The summed E-state index contributed by atoms with van der Waals surface area (Å²) in [5.74, 6) is 0.385. The van der Waals surface area contributed by atoms with Gasteiger partial charge in [-0.1, -0.05) is 24.8 Å². The smallest absolute Gasteiger partial charge is 0.269 e. The van der Waals surface area contributed by atoms with Crippen molar-refractivity contribution in [2.75, 3.05) is 18.2 Å². The van der Waals surface area contributed by atoms with E-state index in [4.69, 9.17) is 10.00 Å². The van der Waals surface area contributed by atoms with E-state index in [0.29, 0.717) is 28.7 Å². The summed E-state index contributed by atoms with van der Waals surface area (Å²) in [7, 11) is 1.53. The first kappa shape index (κ1) is 18.5. The van der Waals surface area contributed by atoms with Crippen LogP contribution >= 0.6 is 11.8 Å². The Kier molecular flexibility index (Phi) is 6.19. The zero-order valence-corrected chi connectivity index (χ0v) is 15.0. The lowest BCUT2D eigenvalue weighted by Gasteiger charge is -2.11. The number of H-pyrrole nitrogens is 1. The van der Waals surface area contributed by atoms with Crippen LogP contribution in [0.4, 0.5) is 5.69 Å². The van der Waals surface area contributed by atoms with Crippen LogP contribution < -0.4 is 15.6 Å². The van der Waals surface area contributed by atoms with Crippen LogP contribution in [0.25, 0.3) is 0 Å². The van der Waals surface area contributed by atoms with Crippen LogP contribution in [-0.4, -0.2) is 28.7 Å². The summed E-state index contributed by atoms with van der Waals surface area (Å²) in [6.07, 6.45) is 0.465. The van der Waals surface area contributed by atoms with E-state index in [9.17, 15) is 9.59 Å². The van der Waals surface area contributed by atoms with Crippen molar-refractivity contribution >= 4 is 23.4 Å². The lowest BCUT2D eigenvalue weighted by molar-refractivity contribution is -0.113. The van der Waals surface area contributed by atoms with Gasteiger partial charge in [0.25, 0.3) is 5.56 Å². The number of aromatic nitrogens is 2. The van der Waals surface area contributed by atoms with Crippen molar-refractivity contribution in [2.45, 2.75) is 25.4 Å². The minimum Gasteiger partial charge on any atom is -0.495 e. The second kappa shape index (κ2) is 8.35. The fraction of sp³-hybridized carbons (Fsp3) is 0.294. The van der Waals surface area contributed by atoms with Crippen LogP contribution in [0.2, 0.25) is 0 Å². The van der Waals surface area contributed by atoms with Crippen molar-refractivity contribution in [3.63, 3.8) is 0 Å². The number of carbonyl (C=O) groups is 1. The number of anilines is 1. The molecule has 1 heterocycles. The maximum atomic E-state index is 12.2. The Morgan fingerprint density at radius 2 is 2.24 bits per heavy atom. The molecule has 2 aromatic rings. The lowest BCUT2D eigenvalue weighted by Crippen LogP contribution is -2.18. The summed E-state index contributed by atoms with van der Waals surface area (Å²) < 4.78 is 5.22. The fourth-order valence-electron chi connectivity index (χ4n) is 2.18. The van der Waals surface area contributed by atoms with Gasteiger partial charge < -0.3 is 15.0 Å². The second-order valence-electron chi connectivity index (χ2n) is 5.20. The van der Waals surface area contributed by atoms with E-state index in [2.05, 4.69) is 15.3 Å². The molecule has 0 saturated heterocycles. The molecule has 7 nitrogen and oxygen atoms in total. The molecule has 2 N–H and O–H groups in total. The highest BCUT2D eigenvalue weighted by atomic mass is 32.2. The summed E-state index contributed by atoms with van der Waals surface area (Å²) in [6.45, 7) is 3.73. The number of hydrogen-bond donors (Lipinski definition) is 2. The third kappa shape index (κ3) is 4.61. The molecular formula is C17H18N4O3S. The number of benzene rings is 1. The van der Waals surface area contributed by atoms with E-state index >= 15 is 0 Å². The Bertz CT molecular complexity index is 886. The molecule has 0 saturated carbocycles. The molecule has 1 aromatic carbocycles. The van der Waals surface area contributed by atoms with Gasteiger partial charge in [-0.05, 0) is 31.0 Å². The van der Waals surface area contributed by atoms with E-state index < -0.39 is 5.56 Å². The lowest BCUT2D eigenvalue weighted by atomic mass is 10.2. The number of methoxy groups -OCH3 is 1. The Labute approximate surface area is 149 Å². The van der Waals surface area contributed by atoms with E-state index in [1.807, 2.05) is 32.0 Å². The quantitative estimate of drug-likeness (QED) is 0.606. The van der Waals surface area contributed by atoms with Crippen molar-refractivity contribution in [3.05, 3.63) is 45.4 Å². The molecule has 0 aliphatic carbocycles. The molecule has 0 unspecified atom stereocenters. The first-order valence-corrected chi connectivity index (χ1v) is 8.57. The molecule has 0 aliphatic heterocycles. The predicted octanol–water partition coefficient (Wildman–Crippen LogP) is 2.25.